The van der Waals surface area contributed by atoms with Crippen molar-refractivity contribution in [1.29, 1.82) is 0 Å². The molecule has 7 heteroatoms. The van der Waals surface area contributed by atoms with Crippen LogP contribution in [0.25, 0.3) is 0 Å². The summed E-state index contributed by atoms with van der Waals surface area (Å²) >= 11 is 3.22. The molecule has 0 fully saturated rings. The lowest BCUT2D eigenvalue weighted by atomic mass is 10.3. The lowest BCUT2D eigenvalue weighted by Crippen LogP contribution is -2.29. The molecular formula is C14H9BrF2N2O2. The van der Waals surface area contributed by atoms with Crippen molar-refractivity contribution in [2.45, 2.75) is 0 Å². The zero-order valence-corrected chi connectivity index (χ0v) is 12.1. The van der Waals surface area contributed by atoms with Crippen molar-refractivity contribution in [3.05, 3.63) is 58.6 Å². The topological polar surface area (TPSA) is 58.2 Å². The molecule has 0 unspecified atom stereocenters. The van der Waals surface area contributed by atoms with Gasteiger partial charge in [-0.25, -0.2) is 8.78 Å². The Morgan fingerprint density at radius 2 is 1.57 bits per heavy atom. The molecule has 21 heavy (non-hydrogen) atoms. The third kappa shape index (κ3) is 3.85. The summed E-state index contributed by atoms with van der Waals surface area (Å²) < 4.78 is 26.4. The summed E-state index contributed by atoms with van der Waals surface area (Å²) in [6.07, 6.45) is 0. The second-order valence-corrected chi connectivity index (χ2v) is 4.87. The minimum absolute atomic E-state index is 0.0128. The molecule has 2 amide bonds. The van der Waals surface area contributed by atoms with Crippen molar-refractivity contribution in [3.63, 3.8) is 0 Å². The summed E-state index contributed by atoms with van der Waals surface area (Å²) in [6.45, 7) is 0. The molecule has 2 aromatic carbocycles. The van der Waals surface area contributed by atoms with E-state index in [0.29, 0.717) is 10.2 Å². The lowest BCUT2D eigenvalue weighted by molar-refractivity contribution is -0.133. The molecule has 0 aliphatic rings. The summed E-state index contributed by atoms with van der Waals surface area (Å²) in [7, 11) is 0. The van der Waals surface area contributed by atoms with Gasteiger partial charge >= 0.3 is 11.8 Å². The third-order valence-corrected chi connectivity index (χ3v) is 3.20. The molecule has 0 bridgehead atoms. The van der Waals surface area contributed by atoms with Gasteiger partial charge in [-0.2, -0.15) is 0 Å². The highest BCUT2D eigenvalue weighted by atomic mass is 79.9. The number of benzene rings is 2. The van der Waals surface area contributed by atoms with Crippen LogP contribution in [0.1, 0.15) is 0 Å². The Balaban J connectivity index is 2.04. The number of carbonyl (C=O) groups is 2. The summed E-state index contributed by atoms with van der Waals surface area (Å²) in [6, 6.07) is 9.54. The van der Waals surface area contributed by atoms with E-state index in [9.17, 15) is 18.4 Å². The molecule has 0 aliphatic heterocycles. The highest BCUT2D eigenvalue weighted by Crippen LogP contribution is 2.21. The smallest absolute Gasteiger partial charge is 0.314 e. The van der Waals surface area contributed by atoms with Gasteiger partial charge in [-0.05, 0) is 40.2 Å². The molecule has 0 aromatic heterocycles. The summed E-state index contributed by atoms with van der Waals surface area (Å²) in [5.41, 5.74) is 0.407. The standard InChI is InChI=1S/C14H9BrF2N2O2/c15-9-3-1-2-4-12(9)19-14(21)13(20)18-8-5-6-10(16)11(17)7-8/h1-7H,(H,18,20)(H,19,21). The molecule has 4 nitrogen and oxygen atoms in total. The number of para-hydroxylation sites is 1. The van der Waals surface area contributed by atoms with E-state index < -0.39 is 23.4 Å². The minimum atomic E-state index is -1.11. The molecule has 0 aliphatic carbocycles. The maximum Gasteiger partial charge on any atom is 0.314 e. The fraction of sp³-hybridized carbons (Fsp3) is 0. The molecule has 2 aromatic rings. The van der Waals surface area contributed by atoms with Gasteiger partial charge in [0.1, 0.15) is 0 Å². The minimum Gasteiger partial charge on any atom is -0.318 e. The fourth-order valence-corrected chi connectivity index (χ4v) is 1.89. The highest BCUT2D eigenvalue weighted by molar-refractivity contribution is 9.10. The van der Waals surface area contributed by atoms with E-state index in [2.05, 4.69) is 26.6 Å². The van der Waals surface area contributed by atoms with E-state index in [1.807, 2.05) is 0 Å². The Hall–Kier alpha value is -2.28. The maximum atomic E-state index is 13.0. The van der Waals surface area contributed by atoms with Crippen molar-refractivity contribution < 1.29 is 18.4 Å². The second kappa shape index (κ2) is 6.45. The SMILES string of the molecule is O=C(Nc1ccc(F)c(F)c1)C(=O)Nc1ccccc1Br. The molecule has 0 heterocycles. The van der Waals surface area contributed by atoms with Crippen LogP contribution >= 0.6 is 15.9 Å². The van der Waals surface area contributed by atoms with Gasteiger partial charge in [-0.1, -0.05) is 12.1 Å². The first-order valence-electron chi connectivity index (χ1n) is 5.79. The number of anilines is 2. The van der Waals surface area contributed by atoms with Crippen LogP contribution in [-0.2, 0) is 9.59 Å². The van der Waals surface area contributed by atoms with E-state index >= 15 is 0 Å². The van der Waals surface area contributed by atoms with Gasteiger partial charge in [-0.15, -0.1) is 0 Å². The Bertz CT molecular complexity index is 707. The van der Waals surface area contributed by atoms with E-state index in [1.54, 1.807) is 24.3 Å². The Kier molecular flexibility index (Phi) is 4.64. The van der Waals surface area contributed by atoms with E-state index in [-0.39, 0.29) is 5.69 Å². The molecule has 0 saturated carbocycles. The van der Waals surface area contributed by atoms with Crippen LogP contribution in [0.15, 0.2) is 46.9 Å². The summed E-state index contributed by atoms with van der Waals surface area (Å²) in [5.74, 6) is -4.06. The number of amides is 2. The Morgan fingerprint density at radius 3 is 2.24 bits per heavy atom. The Labute approximate surface area is 127 Å². The Morgan fingerprint density at radius 1 is 0.905 bits per heavy atom. The predicted molar refractivity (Wildman–Crippen MR) is 77.8 cm³/mol. The van der Waals surface area contributed by atoms with E-state index in [1.165, 1.54) is 0 Å². The molecule has 108 valence electrons. The van der Waals surface area contributed by atoms with Crippen LogP contribution < -0.4 is 10.6 Å². The highest BCUT2D eigenvalue weighted by Gasteiger charge is 2.15. The van der Waals surface area contributed by atoms with Crippen molar-refractivity contribution in [2.75, 3.05) is 10.6 Å². The number of carbonyl (C=O) groups excluding carboxylic acids is 2. The first kappa shape index (κ1) is 15.1. The largest absolute Gasteiger partial charge is 0.318 e. The average Bonchev–Trinajstić information content (AvgIpc) is 2.45. The van der Waals surface area contributed by atoms with Gasteiger partial charge in [-0.3, -0.25) is 9.59 Å². The van der Waals surface area contributed by atoms with Gasteiger partial charge in [0.2, 0.25) is 0 Å². The zero-order valence-electron chi connectivity index (χ0n) is 10.5. The fourth-order valence-electron chi connectivity index (χ4n) is 1.50. The van der Waals surface area contributed by atoms with Crippen LogP contribution in [0.3, 0.4) is 0 Å². The van der Waals surface area contributed by atoms with E-state index in [4.69, 9.17) is 0 Å². The van der Waals surface area contributed by atoms with E-state index in [0.717, 1.165) is 18.2 Å². The molecular weight excluding hydrogens is 346 g/mol. The monoisotopic (exact) mass is 354 g/mol. The van der Waals surface area contributed by atoms with Gasteiger partial charge < -0.3 is 10.6 Å². The number of hydrogen-bond donors (Lipinski definition) is 2. The predicted octanol–water partition coefficient (Wildman–Crippen LogP) is 3.30. The molecule has 2 N–H and O–H groups in total. The summed E-state index contributed by atoms with van der Waals surface area (Å²) in [5, 5.41) is 4.57. The first-order valence-corrected chi connectivity index (χ1v) is 6.58. The molecule has 2 rings (SSSR count). The molecule has 0 saturated heterocycles. The van der Waals surface area contributed by atoms with Gasteiger partial charge in [0.05, 0.1) is 5.69 Å². The third-order valence-electron chi connectivity index (χ3n) is 2.51. The van der Waals surface area contributed by atoms with Gasteiger partial charge in [0.25, 0.3) is 0 Å². The van der Waals surface area contributed by atoms with Crippen LogP contribution in [0.4, 0.5) is 20.2 Å². The average molecular weight is 355 g/mol. The van der Waals surface area contributed by atoms with Crippen LogP contribution in [0.5, 0.6) is 0 Å². The maximum absolute atomic E-state index is 13.0. The first-order chi connectivity index (χ1) is 9.97. The van der Waals surface area contributed by atoms with Gasteiger partial charge in [0, 0.05) is 16.2 Å². The van der Waals surface area contributed by atoms with Crippen LogP contribution in [0.2, 0.25) is 0 Å². The number of hydrogen-bond acceptors (Lipinski definition) is 2. The number of rotatable bonds is 2. The summed E-state index contributed by atoms with van der Waals surface area (Å²) in [4.78, 5) is 23.4. The quantitative estimate of drug-likeness (QED) is 0.813. The van der Waals surface area contributed by atoms with Crippen LogP contribution in [0, 0.1) is 11.6 Å². The lowest BCUT2D eigenvalue weighted by Gasteiger charge is -2.08. The van der Waals surface area contributed by atoms with Crippen molar-refractivity contribution in [3.8, 4) is 0 Å². The van der Waals surface area contributed by atoms with Crippen LogP contribution in [-0.4, -0.2) is 11.8 Å². The number of halogens is 3. The van der Waals surface area contributed by atoms with Crippen molar-refractivity contribution in [2.24, 2.45) is 0 Å². The number of nitrogens with one attached hydrogen (secondary N) is 2. The zero-order chi connectivity index (χ0) is 15.4. The molecule has 0 radical (unpaired) electrons. The van der Waals surface area contributed by atoms with Crippen molar-refractivity contribution in [1.82, 2.24) is 0 Å². The normalized spacial score (nSPS) is 10.0. The van der Waals surface area contributed by atoms with Crippen molar-refractivity contribution >= 4 is 39.1 Å². The second-order valence-electron chi connectivity index (χ2n) is 4.02. The molecule has 0 atom stereocenters. The molecule has 0 spiro atoms. The van der Waals surface area contributed by atoms with Gasteiger partial charge in [0.15, 0.2) is 11.6 Å².